The number of carboxylic acids is 1. The van der Waals surface area contributed by atoms with Gasteiger partial charge in [-0.1, -0.05) is 19.8 Å². The first-order valence-corrected chi connectivity index (χ1v) is 5.74. The lowest BCUT2D eigenvalue weighted by Gasteiger charge is -2.13. The third kappa shape index (κ3) is 8.24. The lowest BCUT2D eigenvalue weighted by molar-refractivity contribution is -0.142. The molecule has 0 rings (SSSR count). The molecule has 98 valence electrons. The third-order valence-electron chi connectivity index (χ3n) is 2.21. The lowest BCUT2D eigenvalue weighted by Crippen LogP contribution is -2.41. The van der Waals surface area contributed by atoms with E-state index in [-0.39, 0.29) is 24.8 Å². The highest BCUT2D eigenvalue weighted by molar-refractivity contribution is 5.83. The standard InChI is InChI=1S/C11H20N2O4/c1-3-4-5-9(11(16)17)13-10(15)6-7-12-8(2)14/h9H,3-7H2,1-2H3,(H,12,14)(H,13,15)(H,16,17)/t9-/m0/s1. The predicted molar refractivity (Wildman–Crippen MR) is 62.4 cm³/mol. The van der Waals surface area contributed by atoms with E-state index in [1.807, 2.05) is 6.92 Å². The van der Waals surface area contributed by atoms with Gasteiger partial charge in [0, 0.05) is 19.9 Å². The number of unbranched alkanes of at least 4 members (excludes halogenated alkanes) is 1. The van der Waals surface area contributed by atoms with Crippen LogP contribution in [0.4, 0.5) is 0 Å². The van der Waals surface area contributed by atoms with Crippen LogP contribution >= 0.6 is 0 Å². The number of carboxylic acid groups (broad SMARTS) is 1. The second-order valence-electron chi connectivity index (χ2n) is 3.83. The molecule has 0 spiro atoms. The predicted octanol–water partition coefficient (Wildman–Crippen LogP) is 0.272. The number of carbonyl (C=O) groups excluding carboxylic acids is 2. The first-order chi connectivity index (χ1) is 7.97. The molecular formula is C11H20N2O4. The molecule has 6 nitrogen and oxygen atoms in total. The van der Waals surface area contributed by atoms with Crippen molar-refractivity contribution >= 4 is 17.8 Å². The Bertz CT molecular complexity index is 279. The maximum atomic E-state index is 11.4. The van der Waals surface area contributed by atoms with Crippen molar-refractivity contribution in [1.29, 1.82) is 0 Å². The molecule has 1 atom stereocenters. The van der Waals surface area contributed by atoms with Crippen LogP contribution in [0.3, 0.4) is 0 Å². The van der Waals surface area contributed by atoms with Crippen molar-refractivity contribution < 1.29 is 19.5 Å². The maximum absolute atomic E-state index is 11.4. The molecule has 0 aromatic heterocycles. The van der Waals surface area contributed by atoms with Gasteiger partial charge in [0.05, 0.1) is 0 Å². The fraction of sp³-hybridized carbons (Fsp3) is 0.727. The minimum absolute atomic E-state index is 0.0927. The molecule has 0 saturated heterocycles. The lowest BCUT2D eigenvalue weighted by atomic mass is 10.1. The van der Waals surface area contributed by atoms with Crippen molar-refractivity contribution in [3.8, 4) is 0 Å². The van der Waals surface area contributed by atoms with Gasteiger partial charge in [-0.3, -0.25) is 9.59 Å². The molecule has 0 aliphatic carbocycles. The normalized spacial score (nSPS) is 11.6. The van der Waals surface area contributed by atoms with Crippen LogP contribution in [-0.2, 0) is 14.4 Å². The first kappa shape index (κ1) is 15.4. The van der Waals surface area contributed by atoms with Crippen molar-refractivity contribution in [2.75, 3.05) is 6.54 Å². The Balaban J connectivity index is 3.95. The summed E-state index contributed by atoms with van der Waals surface area (Å²) in [6, 6.07) is -0.834. The van der Waals surface area contributed by atoms with Crippen LogP contribution < -0.4 is 10.6 Å². The second-order valence-corrected chi connectivity index (χ2v) is 3.83. The van der Waals surface area contributed by atoms with Crippen LogP contribution in [0.2, 0.25) is 0 Å². The molecule has 3 N–H and O–H groups in total. The molecule has 0 aromatic rings. The smallest absolute Gasteiger partial charge is 0.326 e. The molecule has 0 aliphatic rings. The highest BCUT2D eigenvalue weighted by atomic mass is 16.4. The number of hydrogen-bond donors (Lipinski definition) is 3. The molecule has 2 amide bonds. The molecule has 0 fully saturated rings. The SMILES string of the molecule is CCCC[C@H](NC(=O)CCNC(C)=O)C(=O)O. The van der Waals surface area contributed by atoms with Crippen molar-refractivity contribution in [2.24, 2.45) is 0 Å². The average Bonchev–Trinajstić information content (AvgIpc) is 2.23. The summed E-state index contributed by atoms with van der Waals surface area (Å²) in [6.45, 7) is 3.54. The van der Waals surface area contributed by atoms with E-state index in [4.69, 9.17) is 5.11 Å². The number of rotatable bonds is 8. The summed E-state index contributed by atoms with van der Waals surface area (Å²) < 4.78 is 0. The van der Waals surface area contributed by atoms with Crippen molar-refractivity contribution in [1.82, 2.24) is 10.6 Å². The summed E-state index contributed by atoms with van der Waals surface area (Å²) in [6.07, 6.45) is 2.15. The van der Waals surface area contributed by atoms with Crippen molar-refractivity contribution in [3.05, 3.63) is 0 Å². The number of nitrogens with one attached hydrogen (secondary N) is 2. The fourth-order valence-corrected chi connectivity index (χ4v) is 1.28. The summed E-state index contributed by atoms with van der Waals surface area (Å²) in [7, 11) is 0. The fourth-order valence-electron chi connectivity index (χ4n) is 1.28. The van der Waals surface area contributed by atoms with Crippen LogP contribution in [-0.4, -0.2) is 35.5 Å². The zero-order chi connectivity index (χ0) is 13.3. The second kappa shape index (κ2) is 8.55. The van der Waals surface area contributed by atoms with E-state index in [0.717, 1.165) is 12.8 Å². The molecule has 0 heterocycles. The topological polar surface area (TPSA) is 95.5 Å². The molecule has 6 heteroatoms. The summed E-state index contributed by atoms with van der Waals surface area (Å²) in [5.41, 5.74) is 0. The zero-order valence-electron chi connectivity index (χ0n) is 10.3. The molecule has 0 unspecified atom stereocenters. The van der Waals surface area contributed by atoms with Gasteiger partial charge in [-0.15, -0.1) is 0 Å². The highest BCUT2D eigenvalue weighted by Gasteiger charge is 2.18. The van der Waals surface area contributed by atoms with Crippen LogP contribution in [0.1, 0.15) is 39.5 Å². The van der Waals surface area contributed by atoms with Crippen LogP contribution in [0.25, 0.3) is 0 Å². The van der Waals surface area contributed by atoms with Gasteiger partial charge < -0.3 is 15.7 Å². The van der Waals surface area contributed by atoms with Gasteiger partial charge in [0.2, 0.25) is 11.8 Å². The minimum Gasteiger partial charge on any atom is -0.480 e. The third-order valence-corrected chi connectivity index (χ3v) is 2.21. The van der Waals surface area contributed by atoms with Crippen molar-refractivity contribution in [3.63, 3.8) is 0 Å². The maximum Gasteiger partial charge on any atom is 0.326 e. The Labute approximate surface area is 101 Å². The molecule has 0 aromatic carbocycles. The molecule has 0 radical (unpaired) electrons. The van der Waals surface area contributed by atoms with Gasteiger partial charge in [-0.25, -0.2) is 4.79 Å². The monoisotopic (exact) mass is 244 g/mol. The minimum atomic E-state index is -1.02. The van der Waals surface area contributed by atoms with E-state index in [1.54, 1.807) is 0 Å². The Kier molecular flexibility index (Phi) is 7.75. The van der Waals surface area contributed by atoms with Gasteiger partial charge in [0.25, 0.3) is 0 Å². The first-order valence-electron chi connectivity index (χ1n) is 5.74. The number of aliphatic carboxylic acids is 1. The Morgan fingerprint density at radius 1 is 1.29 bits per heavy atom. The van der Waals surface area contributed by atoms with Crippen LogP contribution in [0.5, 0.6) is 0 Å². The molecule has 17 heavy (non-hydrogen) atoms. The molecule has 0 aliphatic heterocycles. The Morgan fingerprint density at radius 3 is 2.41 bits per heavy atom. The van der Waals surface area contributed by atoms with E-state index >= 15 is 0 Å². The quantitative estimate of drug-likeness (QED) is 0.571. The average molecular weight is 244 g/mol. The Hall–Kier alpha value is -1.59. The summed E-state index contributed by atoms with van der Waals surface area (Å²) >= 11 is 0. The van der Waals surface area contributed by atoms with Gasteiger partial charge in [-0.2, -0.15) is 0 Å². The van der Waals surface area contributed by atoms with Gasteiger partial charge in [0.15, 0.2) is 0 Å². The van der Waals surface area contributed by atoms with E-state index in [2.05, 4.69) is 10.6 Å². The largest absolute Gasteiger partial charge is 0.480 e. The number of hydrogen-bond acceptors (Lipinski definition) is 3. The van der Waals surface area contributed by atoms with Gasteiger partial charge >= 0.3 is 5.97 Å². The van der Waals surface area contributed by atoms with E-state index in [1.165, 1.54) is 6.92 Å². The number of carbonyl (C=O) groups is 3. The molecular weight excluding hydrogens is 224 g/mol. The van der Waals surface area contributed by atoms with E-state index in [0.29, 0.717) is 6.42 Å². The highest BCUT2D eigenvalue weighted by Crippen LogP contribution is 2.01. The summed E-state index contributed by atoms with van der Waals surface area (Å²) in [5.74, 6) is -1.59. The zero-order valence-corrected chi connectivity index (χ0v) is 10.3. The summed E-state index contributed by atoms with van der Waals surface area (Å²) in [4.78, 5) is 32.8. The number of amides is 2. The molecule has 0 saturated carbocycles. The summed E-state index contributed by atoms with van der Waals surface area (Å²) in [5, 5.41) is 13.8. The van der Waals surface area contributed by atoms with E-state index in [9.17, 15) is 14.4 Å². The Morgan fingerprint density at radius 2 is 1.94 bits per heavy atom. The molecule has 0 bridgehead atoms. The van der Waals surface area contributed by atoms with Crippen molar-refractivity contribution in [2.45, 2.75) is 45.6 Å². The van der Waals surface area contributed by atoms with Crippen LogP contribution in [0.15, 0.2) is 0 Å². The van der Waals surface area contributed by atoms with Gasteiger partial charge in [0.1, 0.15) is 6.04 Å². The van der Waals surface area contributed by atoms with Crippen LogP contribution in [0, 0.1) is 0 Å². The van der Waals surface area contributed by atoms with Gasteiger partial charge in [-0.05, 0) is 6.42 Å². The van der Waals surface area contributed by atoms with E-state index < -0.39 is 12.0 Å².